The minimum absolute atomic E-state index is 0.0596. The highest BCUT2D eigenvalue weighted by Gasteiger charge is 2.61. The molecule has 0 bridgehead atoms. The lowest BCUT2D eigenvalue weighted by molar-refractivity contribution is -0.147. The van der Waals surface area contributed by atoms with Gasteiger partial charge in [-0.05, 0) is 11.5 Å². The van der Waals surface area contributed by atoms with Crippen molar-refractivity contribution >= 4 is 17.6 Å². The van der Waals surface area contributed by atoms with E-state index in [1.807, 2.05) is 0 Å². The van der Waals surface area contributed by atoms with E-state index in [4.69, 9.17) is 16.3 Å². The molecule has 2 nitrogen and oxygen atoms in total. The highest BCUT2D eigenvalue weighted by atomic mass is 35.5. The Balaban J connectivity index is 2.11. The number of benzene rings is 1. The predicted octanol–water partition coefficient (Wildman–Crippen LogP) is 4.61. The van der Waals surface area contributed by atoms with Crippen molar-refractivity contribution in [2.75, 3.05) is 0 Å². The van der Waals surface area contributed by atoms with E-state index in [2.05, 4.69) is 0 Å². The minimum atomic E-state index is -1.63. The van der Waals surface area contributed by atoms with Crippen molar-refractivity contribution in [3.8, 4) is 0 Å². The molecule has 0 amide bonds. The van der Waals surface area contributed by atoms with Gasteiger partial charge in [0.15, 0.2) is 28.6 Å². The van der Waals surface area contributed by atoms with Gasteiger partial charge in [-0.1, -0.05) is 25.4 Å². The Morgan fingerprint density at radius 1 is 1.26 bits per heavy atom. The zero-order chi connectivity index (χ0) is 17.5. The quantitative estimate of drug-likeness (QED) is 0.448. The number of hydrogen-bond acceptors (Lipinski definition) is 2. The second-order valence-electron chi connectivity index (χ2n) is 5.84. The van der Waals surface area contributed by atoms with E-state index in [-0.39, 0.29) is 6.07 Å². The molecule has 0 unspecified atom stereocenters. The second-order valence-corrected chi connectivity index (χ2v) is 6.20. The lowest BCUT2D eigenvalue weighted by Gasteiger charge is -2.09. The maximum Gasteiger partial charge on any atom is 0.310 e. The molecule has 0 spiro atoms. The zero-order valence-corrected chi connectivity index (χ0v) is 12.9. The number of carbonyl (C=O) groups is 1. The maximum absolute atomic E-state index is 13.5. The SMILES string of the molecule is CC1(C)[C@@H](C=C(F)Cl)[C@@H]1C(=O)OCc1c(F)c(F)cc(F)c1F. The minimum Gasteiger partial charge on any atom is -0.460 e. The molecule has 0 saturated heterocycles. The largest absolute Gasteiger partial charge is 0.460 e. The molecule has 0 aliphatic heterocycles. The van der Waals surface area contributed by atoms with Crippen LogP contribution in [-0.4, -0.2) is 5.97 Å². The highest BCUT2D eigenvalue weighted by Crippen LogP contribution is 2.60. The topological polar surface area (TPSA) is 26.3 Å². The third-order valence-corrected chi connectivity index (χ3v) is 4.16. The molecular formula is C15H12ClF5O2. The molecule has 1 aliphatic rings. The number of carbonyl (C=O) groups excluding carboxylic acids is 1. The Morgan fingerprint density at radius 2 is 1.78 bits per heavy atom. The van der Waals surface area contributed by atoms with Crippen LogP contribution in [0.25, 0.3) is 0 Å². The van der Waals surface area contributed by atoms with Crippen LogP contribution >= 0.6 is 11.6 Å². The first kappa shape index (κ1) is 17.7. The lowest BCUT2D eigenvalue weighted by Crippen LogP contribution is -2.13. The van der Waals surface area contributed by atoms with Crippen molar-refractivity contribution in [1.82, 2.24) is 0 Å². The normalized spacial score (nSPS) is 22.9. The Hall–Kier alpha value is -1.63. The standard InChI is InChI=1S/C15H12ClF5O2/c1-15(2)7(3-10(16)19)11(15)14(22)23-5-6-12(20)8(17)4-9(18)13(6)21/h3-4,7,11H,5H2,1-2H3/t7-,11+/m0/s1. The van der Waals surface area contributed by atoms with Gasteiger partial charge in [0.25, 0.3) is 0 Å². The summed E-state index contributed by atoms with van der Waals surface area (Å²) in [4.78, 5) is 11.9. The maximum atomic E-state index is 13.5. The molecule has 2 rings (SSSR count). The number of esters is 1. The van der Waals surface area contributed by atoms with E-state index in [1.165, 1.54) is 0 Å². The van der Waals surface area contributed by atoms with Crippen LogP contribution < -0.4 is 0 Å². The van der Waals surface area contributed by atoms with E-state index in [0.717, 1.165) is 6.08 Å². The molecule has 0 N–H and O–H groups in total. The first-order chi connectivity index (χ1) is 10.6. The Kier molecular flexibility index (Phi) is 4.71. The predicted molar refractivity (Wildman–Crippen MR) is 71.9 cm³/mol. The van der Waals surface area contributed by atoms with Crippen molar-refractivity contribution in [3.63, 3.8) is 0 Å². The average Bonchev–Trinajstić information content (AvgIpc) is 2.96. The van der Waals surface area contributed by atoms with Crippen LogP contribution in [0.5, 0.6) is 0 Å². The summed E-state index contributed by atoms with van der Waals surface area (Å²) in [5.74, 6) is -8.61. The first-order valence-corrected chi connectivity index (χ1v) is 6.96. The summed E-state index contributed by atoms with van der Waals surface area (Å²) in [5.41, 5.74) is -1.67. The summed E-state index contributed by atoms with van der Waals surface area (Å²) in [7, 11) is 0. The average molecular weight is 355 g/mol. The smallest absolute Gasteiger partial charge is 0.310 e. The molecule has 1 saturated carbocycles. The Bertz CT molecular complexity index is 657. The van der Waals surface area contributed by atoms with Gasteiger partial charge in [-0.2, -0.15) is 4.39 Å². The van der Waals surface area contributed by atoms with E-state index in [1.54, 1.807) is 13.8 Å². The van der Waals surface area contributed by atoms with Crippen LogP contribution in [-0.2, 0) is 16.1 Å². The summed E-state index contributed by atoms with van der Waals surface area (Å²) in [5, 5.41) is -0.984. The number of ether oxygens (including phenoxy) is 1. The third-order valence-electron chi connectivity index (χ3n) is 4.03. The molecule has 0 aromatic heterocycles. The van der Waals surface area contributed by atoms with Crippen molar-refractivity contribution in [2.24, 2.45) is 17.3 Å². The fourth-order valence-electron chi connectivity index (χ4n) is 2.56. The van der Waals surface area contributed by atoms with Gasteiger partial charge in [0.1, 0.15) is 6.61 Å². The summed E-state index contributed by atoms with van der Waals surface area (Å²) in [6.07, 6.45) is 1.04. The summed E-state index contributed by atoms with van der Waals surface area (Å²) >= 11 is 5.12. The number of rotatable bonds is 4. The molecular weight excluding hydrogens is 343 g/mol. The van der Waals surface area contributed by atoms with Crippen LogP contribution in [0, 0.1) is 40.5 Å². The van der Waals surface area contributed by atoms with E-state index in [0.29, 0.717) is 0 Å². The second kappa shape index (κ2) is 6.11. The van der Waals surface area contributed by atoms with Crippen LogP contribution in [0.3, 0.4) is 0 Å². The summed E-state index contributed by atoms with van der Waals surface area (Å²) in [6, 6.07) is 0.0596. The molecule has 0 heterocycles. The van der Waals surface area contributed by atoms with E-state index in [9.17, 15) is 26.7 Å². The molecule has 1 aromatic carbocycles. The van der Waals surface area contributed by atoms with Gasteiger partial charge < -0.3 is 4.74 Å². The zero-order valence-electron chi connectivity index (χ0n) is 12.1. The fourth-order valence-corrected chi connectivity index (χ4v) is 2.69. The monoisotopic (exact) mass is 354 g/mol. The van der Waals surface area contributed by atoms with Gasteiger partial charge >= 0.3 is 5.97 Å². The van der Waals surface area contributed by atoms with Gasteiger partial charge in [-0.25, -0.2) is 17.6 Å². The van der Waals surface area contributed by atoms with Gasteiger partial charge in [0.2, 0.25) is 0 Å². The number of allylic oxidation sites excluding steroid dienone is 1. The highest BCUT2D eigenvalue weighted by molar-refractivity contribution is 6.28. The Morgan fingerprint density at radius 3 is 2.26 bits per heavy atom. The van der Waals surface area contributed by atoms with Gasteiger partial charge in [-0.3, -0.25) is 4.79 Å². The molecule has 2 atom stereocenters. The van der Waals surface area contributed by atoms with Crippen LogP contribution in [0.15, 0.2) is 17.4 Å². The molecule has 0 radical (unpaired) electrons. The van der Waals surface area contributed by atoms with E-state index < -0.39 is 63.9 Å². The van der Waals surface area contributed by atoms with Crippen LogP contribution in [0.4, 0.5) is 22.0 Å². The fraction of sp³-hybridized carbons (Fsp3) is 0.400. The van der Waals surface area contributed by atoms with Gasteiger partial charge in [0, 0.05) is 12.0 Å². The van der Waals surface area contributed by atoms with Crippen molar-refractivity contribution in [3.05, 3.63) is 46.3 Å². The molecule has 126 valence electrons. The lowest BCUT2D eigenvalue weighted by atomic mass is 10.1. The summed E-state index contributed by atoms with van der Waals surface area (Å²) in [6.45, 7) is 2.34. The molecule has 1 fully saturated rings. The van der Waals surface area contributed by atoms with Crippen molar-refractivity contribution < 1.29 is 31.5 Å². The molecule has 23 heavy (non-hydrogen) atoms. The molecule has 1 aliphatic carbocycles. The molecule has 1 aromatic rings. The van der Waals surface area contributed by atoms with Crippen LogP contribution in [0.2, 0.25) is 0 Å². The third kappa shape index (κ3) is 3.34. The summed E-state index contributed by atoms with van der Waals surface area (Å²) < 4.78 is 70.5. The molecule has 8 heteroatoms. The van der Waals surface area contributed by atoms with Gasteiger partial charge in [-0.15, -0.1) is 0 Å². The van der Waals surface area contributed by atoms with Gasteiger partial charge in [0.05, 0.1) is 11.5 Å². The van der Waals surface area contributed by atoms with Crippen LogP contribution in [0.1, 0.15) is 19.4 Å². The van der Waals surface area contributed by atoms with Crippen molar-refractivity contribution in [2.45, 2.75) is 20.5 Å². The Labute approximate surface area is 133 Å². The van der Waals surface area contributed by atoms with E-state index >= 15 is 0 Å². The number of hydrogen-bond donors (Lipinski definition) is 0. The number of halogens is 6. The first-order valence-electron chi connectivity index (χ1n) is 6.58. The van der Waals surface area contributed by atoms with Crippen molar-refractivity contribution in [1.29, 1.82) is 0 Å².